The Morgan fingerprint density at radius 2 is 1.61 bits per heavy atom. The minimum absolute atomic E-state index is 0.0127. The average Bonchev–Trinajstić information content (AvgIpc) is 3.15. The molecule has 0 radical (unpaired) electrons. The number of ether oxygens (including phenoxy) is 1. The van der Waals surface area contributed by atoms with Crippen LogP contribution in [0.4, 0.5) is 0 Å². The van der Waals surface area contributed by atoms with E-state index in [0.29, 0.717) is 16.8 Å². The molecule has 0 fully saturated rings. The van der Waals surface area contributed by atoms with Gasteiger partial charge in [-0.05, 0) is 42.8 Å². The fourth-order valence-corrected chi connectivity index (χ4v) is 5.44. The standard InChI is InChI=1S/C25H21BrN2O4S/c1-17-8-6-7-11-21(17)25(29)32-16-22-23(18-9-4-3-5-10-18)27-28(2)24(22)33(30,31)20-14-12-19(26)13-15-20/h3-15H,16H2,1-2H3. The van der Waals surface area contributed by atoms with Gasteiger partial charge in [-0.25, -0.2) is 13.2 Å². The molecule has 1 heterocycles. The normalized spacial score (nSPS) is 11.4. The summed E-state index contributed by atoms with van der Waals surface area (Å²) in [5, 5.41) is 4.48. The Bertz CT molecular complexity index is 1410. The maximum atomic E-state index is 13.6. The molecule has 4 aromatic rings. The van der Waals surface area contributed by atoms with Crippen LogP contribution in [0.5, 0.6) is 0 Å². The smallest absolute Gasteiger partial charge is 0.338 e. The van der Waals surface area contributed by atoms with Crippen molar-refractivity contribution in [3.05, 3.63) is 100 Å². The zero-order chi connectivity index (χ0) is 23.6. The number of esters is 1. The molecule has 0 amide bonds. The van der Waals surface area contributed by atoms with Gasteiger partial charge in [0, 0.05) is 17.1 Å². The van der Waals surface area contributed by atoms with Crippen molar-refractivity contribution in [1.29, 1.82) is 0 Å². The van der Waals surface area contributed by atoms with Crippen LogP contribution in [-0.4, -0.2) is 24.2 Å². The van der Waals surface area contributed by atoms with Gasteiger partial charge in [0.2, 0.25) is 9.84 Å². The lowest BCUT2D eigenvalue weighted by Gasteiger charge is -2.11. The zero-order valence-electron chi connectivity index (χ0n) is 18.0. The highest BCUT2D eigenvalue weighted by Crippen LogP contribution is 2.32. The quantitative estimate of drug-likeness (QED) is 0.318. The van der Waals surface area contributed by atoms with Gasteiger partial charge in [-0.3, -0.25) is 4.68 Å². The summed E-state index contributed by atoms with van der Waals surface area (Å²) in [5.41, 5.74) is 2.71. The summed E-state index contributed by atoms with van der Waals surface area (Å²) in [4.78, 5) is 12.9. The molecule has 0 atom stereocenters. The van der Waals surface area contributed by atoms with Crippen molar-refractivity contribution in [1.82, 2.24) is 9.78 Å². The molecule has 0 saturated heterocycles. The fraction of sp³-hybridized carbons (Fsp3) is 0.120. The average molecular weight is 525 g/mol. The zero-order valence-corrected chi connectivity index (χ0v) is 20.4. The molecule has 0 bridgehead atoms. The summed E-state index contributed by atoms with van der Waals surface area (Å²) in [6.45, 7) is 1.58. The van der Waals surface area contributed by atoms with Crippen LogP contribution in [-0.2, 0) is 28.2 Å². The monoisotopic (exact) mass is 524 g/mol. The van der Waals surface area contributed by atoms with E-state index in [2.05, 4.69) is 21.0 Å². The summed E-state index contributed by atoms with van der Waals surface area (Å²) in [7, 11) is -2.36. The molecule has 0 N–H and O–H groups in total. The van der Waals surface area contributed by atoms with E-state index < -0.39 is 15.8 Å². The topological polar surface area (TPSA) is 78.3 Å². The molecule has 4 rings (SSSR count). The highest BCUT2D eigenvalue weighted by molar-refractivity contribution is 9.10. The van der Waals surface area contributed by atoms with Crippen molar-refractivity contribution in [3.8, 4) is 11.3 Å². The van der Waals surface area contributed by atoms with Crippen LogP contribution in [0.25, 0.3) is 11.3 Å². The summed E-state index contributed by atoms with van der Waals surface area (Å²) in [6, 6.07) is 22.7. The van der Waals surface area contributed by atoms with Gasteiger partial charge < -0.3 is 4.74 Å². The number of sulfone groups is 1. The van der Waals surface area contributed by atoms with E-state index in [0.717, 1.165) is 15.6 Å². The highest BCUT2D eigenvalue weighted by Gasteiger charge is 2.30. The predicted octanol–water partition coefficient (Wildman–Crippen LogP) is 5.35. The van der Waals surface area contributed by atoms with Crippen molar-refractivity contribution in [2.24, 2.45) is 7.05 Å². The Morgan fingerprint density at radius 3 is 2.27 bits per heavy atom. The first kappa shape index (κ1) is 22.9. The first-order chi connectivity index (χ1) is 15.8. The van der Waals surface area contributed by atoms with Gasteiger partial charge in [0.05, 0.1) is 16.0 Å². The number of hydrogen-bond acceptors (Lipinski definition) is 5. The van der Waals surface area contributed by atoms with Crippen molar-refractivity contribution >= 4 is 31.7 Å². The number of nitrogens with zero attached hydrogens (tertiary/aromatic N) is 2. The first-order valence-corrected chi connectivity index (χ1v) is 12.4. The summed E-state index contributed by atoms with van der Waals surface area (Å²) >= 11 is 3.33. The van der Waals surface area contributed by atoms with Crippen molar-refractivity contribution in [2.75, 3.05) is 0 Å². The van der Waals surface area contributed by atoms with E-state index in [1.165, 1.54) is 16.8 Å². The number of hydrogen-bond donors (Lipinski definition) is 0. The van der Waals surface area contributed by atoms with Gasteiger partial charge in [0.25, 0.3) is 0 Å². The SMILES string of the molecule is Cc1ccccc1C(=O)OCc1c(-c2ccccc2)nn(C)c1S(=O)(=O)c1ccc(Br)cc1. The lowest BCUT2D eigenvalue weighted by atomic mass is 10.1. The number of aryl methyl sites for hydroxylation is 2. The van der Waals surface area contributed by atoms with Gasteiger partial charge >= 0.3 is 5.97 Å². The van der Waals surface area contributed by atoms with E-state index in [1.807, 2.05) is 49.4 Å². The van der Waals surface area contributed by atoms with Crippen LogP contribution < -0.4 is 0 Å². The van der Waals surface area contributed by atoms with Gasteiger partial charge in [0.15, 0.2) is 5.03 Å². The van der Waals surface area contributed by atoms with Crippen LogP contribution in [0.2, 0.25) is 0 Å². The molecule has 33 heavy (non-hydrogen) atoms. The Labute approximate surface area is 200 Å². The minimum Gasteiger partial charge on any atom is -0.457 e. The Kier molecular flexibility index (Phi) is 6.49. The lowest BCUT2D eigenvalue weighted by Crippen LogP contribution is -2.13. The van der Waals surface area contributed by atoms with E-state index >= 15 is 0 Å². The molecule has 3 aromatic carbocycles. The second-order valence-corrected chi connectivity index (χ2v) is 10.3. The molecule has 1 aromatic heterocycles. The molecule has 0 unspecified atom stereocenters. The third kappa shape index (κ3) is 4.62. The summed E-state index contributed by atoms with van der Waals surface area (Å²) < 4.78 is 34.9. The molecule has 8 heteroatoms. The number of carbonyl (C=O) groups is 1. The second kappa shape index (κ2) is 9.33. The number of carbonyl (C=O) groups excluding carboxylic acids is 1. The molecular formula is C25H21BrN2O4S. The number of benzene rings is 3. The van der Waals surface area contributed by atoms with E-state index in [-0.39, 0.29) is 16.5 Å². The third-order valence-electron chi connectivity index (χ3n) is 5.23. The van der Waals surface area contributed by atoms with Gasteiger partial charge in [-0.2, -0.15) is 5.10 Å². The summed E-state index contributed by atoms with van der Waals surface area (Å²) in [5.74, 6) is -0.525. The van der Waals surface area contributed by atoms with Gasteiger partial charge in [0.1, 0.15) is 12.3 Å². The lowest BCUT2D eigenvalue weighted by molar-refractivity contribution is 0.0469. The molecule has 0 aliphatic rings. The Morgan fingerprint density at radius 1 is 0.970 bits per heavy atom. The maximum absolute atomic E-state index is 13.6. The molecule has 0 saturated carbocycles. The largest absolute Gasteiger partial charge is 0.457 e. The Hall–Kier alpha value is -3.23. The molecule has 0 spiro atoms. The number of aromatic nitrogens is 2. The van der Waals surface area contributed by atoms with Crippen LogP contribution in [0.1, 0.15) is 21.5 Å². The highest BCUT2D eigenvalue weighted by atomic mass is 79.9. The van der Waals surface area contributed by atoms with Crippen molar-refractivity contribution < 1.29 is 17.9 Å². The number of rotatable bonds is 6. The van der Waals surface area contributed by atoms with Crippen LogP contribution in [0, 0.1) is 6.92 Å². The van der Waals surface area contributed by atoms with E-state index in [4.69, 9.17) is 4.74 Å². The van der Waals surface area contributed by atoms with Crippen LogP contribution in [0.15, 0.2) is 93.3 Å². The third-order valence-corrected chi connectivity index (χ3v) is 7.67. The van der Waals surface area contributed by atoms with Gasteiger partial charge in [-0.15, -0.1) is 0 Å². The summed E-state index contributed by atoms with van der Waals surface area (Å²) in [6.07, 6.45) is 0. The molecule has 0 aliphatic carbocycles. The van der Waals surface area contributed by atoms with Crippen LogP contribution >= 0.6 is 15.9 Å². The van der Waals surface area contributed by atoms with Gasteiger partial charge in [-0.1, -0.05) is 64.5 Å². The molecular weight excluding hydrogens is 504 g/mol. The minimum atomic E-state index is -3.94. The van der Waals surface area contributed by atoms with E-state index in [1.54, 1.807) is 31.3 Å². The van der Waals surface area contributed by atoms with Crippen molar-refractivity contribution in [2.45, 2.75) is 23.5 Å². The fourth-order valence-electron chi connectivity index (χ4n) is 3.59. The predicted molar refractivity (Wildman–Crippen MR) is 129 cm³/mol. The van der Waals surface area contributed by atoms with Crippen molar-refractivity contribution in [3.63, 3.8) is 0 Å². The second-order valence-electron chi connectivity index (χ2n) is 7.47. The van der Waals surface area contributed by atoms with E-state index in [9.17, 15) is 13.2 Å². The Balaban J connectivity index is 1.80. The molecule has 168 valence electrons. The van der Waals surface area contributed by atoms with Crippen LogP contribution in [0.3, 0.4) is 0 Å². The molecule has 6 nitrogen and oxygen atoms in total. The first-order valence-electron chi connectivity index (χ1n) is 10.1. The molecule has 0 aliphatic heterocycles. The number of halogens is 1. The maximum Gasteiger partial charge on any atom is 0.338 e.